The average molecular weight is 327 g/mol. The van der Waals surface area contributed by atoms with Crippen LogP contribution in [-0.4, -0.2) is 19.9 Å². The SMILES string of the molecule is Cc1ccc2nc(-c3cccnc3)nc(NCc3ccccn3)c2c1. The number of nitrogens with one attached hydrogen (secondary N) is 1. The second-order valence-corrected chi connectivity index (χ2v) is 5.83. The molecular formula is C20H17N5. The van der Waals surface area contributed by atoms with Gasteiger partial charge < -0.3 is 5.32 Å². The highest BCUT2D eigenvalue weighted by Gasteiger charge is 2.10. The van der Waals surface area contributed by atoms with Crippen molar-refractivity contribution in [1.29, 1.82) is 0 Å². The van der Waals surface area contributed by atoms with E-state index in [1.165, 1.54) is 5.56 Å². The number of benzene rings is 1. The van der Waals surface area contributed by atoms with Gasteiger partial charge in [-0.15, -0.1) is 0 Å². The third-order valence-electron chi connectivity index (χ3n) is 3.93. The zero-order valence-electron chi connectivity index (χ0n) is 13.8. The summed E-state index contributed by atoms with van der Waals surface area (Å²) >= 11 is 0. The molecular weight excluding hydrogens is 310 g/mol. The Morgan fingerprint density at radius 3 is 2.72 bits per heavy atom. The Labute approximate surface area is 145 Å². The van der Waals surface area contributed by atoms with E-state index in [0.717, 1.165) is 28.0 Å². The fourth-order valence-corrected chi connectivity index (χ4v) is 2.68. The first-order valence-corrected chi connectivity index (χ1v) is 8.12. The van der Waals surface area contributed by atoms with Gasteiger partial charge in [0.1, 0.15) is 5.82 Å². The molecule has 0 saturated heterocycles. The van der Waals surface area contributed by atoms with Crippen molar-refractivity contribution in [2.45, 2.75) is 13.5 Å². The van der Waals surface area contributed by atoms with Gasteiger partial charge in [-0.1, -0.05) is 17.7 Å². The van der Waals surface area contributed by atoms with Gasteiger partial charge in [0.15, 0.2) is 5.82 Å². The highest BCUT2D eigenvalue weighted by Crippen LogP contribution is 2.25. The minimum absolute atomic E-state index is 0.605. The van der Waals surface area contributed by atoms with E-state index in [0.29, 0.717) is 12.4 Å². The summed E-state index contributed by atoms with van der Waals surface area (Å²) in [4.78, 5) is 18.0. The lowest BCUT2D eigenvalue weighted by Crippen LogP contribution is -2.05. The van der Waals surface area contributed by atoms with Crippen molar-refractivity contribution in [2.24, 2.45) is 0 Å². The molecule has 4 aromatic rings. The van der Waals surface area contributed by atoms with Gasteiger partial charge in [-0.05, 0) is 43.3 Å². The largest absolute Gasteiger partial charge is 0.364 e. The zero-order chi connectivity index (χ0) is 17.1. The molecule has 1 N–H and O–H groups in total. The summed E-state index contributed by atoms with van der Waals surface area (Å²) in [5, 5.41) is 4.41. The van der Waals surface area contributed by atoms with Crippen molar-refractivity contribution in [1.82, 2.24) is 19.9 Å². The lowest BCUT2D eigenvalue weighted by atomic mass is 10.1. The van der Waals surface area contributed by atoms with Crippen molar-refractivity contribution in [2.75, 3.05) is 5.32 Å². The molecule has 0 atom stereocenters. The van der Waals surface area contributed by atoms with E-state index in [1.807, 2.05) is 36.4 Å². The molecule has 5 nitrogen and oxygen atoms in total. The summed E-state index contributed by atoms with van der Waals surface area (Å²) in [6.07, 6.45) is 5.31. The van der Waals surface area contributed by atoms with Gasteiger partial charge in [-0.3, -0.25) is 9.97 Å². The molecule has 0 unspecified atom stereocenters. The van der Waals surface area contributed by atoms with E-state index in [1.54, 1.807) is 18.6 Å². The number of hydrogen-bond acceptors (Lipinski definition) is 5. The molecule has 0 aliphatic carbocycles. The quantitative estimate of drug-likeness (QED) is 0.613. The molecule has 0 aliphatic heterocycles. The maximum absolute atomic E-state index is 4.74. The Hall–Kier alpha value is -3.34. The molecule has 0 bridgehead atoms. The van der Waals surface area contributed by atoms with Crippen molar-refractivity contribution in [3.05, 3.63) is 78.4 Å². The van der Waals surface area contributed by atoms with Gasteiger partial charge in [-0.2, -0.15) is 0 Å². The highest BCUT2D eigenvalue weighted by molar-refractivity contribution is 5.91. The lowest BCUT2D eigenvalue weighted by molar-refractivity contribution is 1.03. The van der Waals surface area contributed by atoms with Crippen LogP contribution in [0, 0.1) is 6.92 Å². The summed E-state index contributed by atoms with van der Waals surface area (Å²) in [7, 11) is 0. The smallest absolute Gasteiger partial charge is 0.163 e. The van der Waals surface area contributed by atoms with E-state index < -0.39 is 0 Å². The third kappa shape index (κ3) is 3.30. The first-order valence-electron chi connectivity index (χ1n) is 8.12. The van der Waals surface area contributed by atoms with Crippen LogP contribution in [0.4, 0.5) is 5.82 Å². The molecule has 0 spiro atoms. The molecule has 3 heterocycles. The number of pyridine rings is 2. The van der Waals surface area contributed by atoms with Crippen LogP contribution >= 0.6 is 0 Å². The fraction of sp³-hybridized carbons (Fsp3) is 0.100. The third-order valence-corrected chi connectivity index (χ3v) is 3.93. The fourth-order valence-electron chi connectivity index (χ4n) is 2.68. The average Bonchev–Trinajstić information content (AvgIpc) is 2.67. The number of fused-ring (bicyclic) bond motifs is 1. The van der Waals surface area contributed by atoms with Gasteiger partial charge in [0, 0.05) is 29.5 Å². The van der Waals surface area contributed by atoms with Gasteiger partial charge >= 0.3 is 0 Å². The van der Waals surface area contributed by atoms with E-state index in [2.05, 4.69) is 34.3 Å². The number of anilines is 1. The number of rotatable bonds is 4. The first-order chi connectivity index (χ1) is 12.3. The summed E-state index contributed by atoms with van der Waals surface area (Å²) < 4.78 is 0. The zero-order valence-corrected chi connectivity index (χ0v) is 13.8. The van der Waals surface area contributed by atoms with Crippen LogP contribution in [0.25, 0.3) is 22.3 Å². The van der Waals surface area contributed by atoms with Gasteiger partial charge in [-0.25, -0.2) is 9.97 Å². The molecule has 3 aromatic heterocycles. The van der Waals surface area contributed by atoms with Crippen molar-refractivity contribution >= 4 is 16.7 Å². The van der Waals surface area contributed by atoms with E-state index in [4.69, 9.17) is 9.97 Å². The molecule has 1 aromatic carbocycles. The molecule has 4 rings (SSSR count). The molecule has 0 amide bonds. The minimum atomic E-state index is 0.605. The van der Waals surface area contributed by atoms with Crippen molar-refractivity contribution in [3.63, 3.8) is 0 Å². The van der Waals surface area contributed by atoms with E-state index in [9.17, 15) is 0 Å². The molecule has 0 radical (unpaired) electrons. The number of nitrogens with zero attached hydrogens (tertiary/aromatic N) is 4. The predicted molar refractivity (Wildman–Crippen MR) is 99.1 cm³/mol. The summed E-state index contributed by atoms with van der Waals surface area (Å²) in [5.41, 5.74) is 3.93. The highest BCUT2D eigenvalue weighted by atomic mass is 15.0. The van der Waals surface area contributed by atoms with Crippen molar-refractivity contribution < 1.29 is 0 Å². The van der Waals surface area contributed by atoms with E-state index in [-0.39, 0.29) is 0 Å². The standard InChI is InChI=1S/C20H17N5/c1-14-7-8-18-17(11-14)20(23-13-16-6-2-3-10-22-16)25-19(24-18)15-5-4-9-21-12-15/h2-12H,13H2,1H3,(H,23,24,25). The van der Waals surface area contributed by atoms with Gasteiger partial charge in [0.05, 0.1) is 17.8 Å². The van der Waals surface area contributed by atoms with Crippen LogP contribution in [0.15, 0.2) is 67.1 Å². The van der Waals surface area contributed by atoms with Crippen LogP contribution in [0.5, 0.6) is 0 Å². The van der Waals surface area contributed by atoms with Crippen molar-refractivity contribution in [3.8, 4) is 11.4 Å². The predicted octanol–water partition coefficient (Wildman–Crippen LogP) is 4.01. The summed E-state index contributed by atoms with van der Waals surface area (Å²) in [5.74, 6) is 1.46. The Morgan fingerprint density at radius 2 is 1.92 bits per heavy atom. The molecule has 5 heteroatoms. The Kier molecular flexibility index (Phi) is 4.04. The van der Waals surface area contributed by atoms with Crippen LogP contribution in [-0.2, 0) is 6.54 Å². The van der Waals surface area contributed by atoms with Crippen LogP contribution in [0.3, 0.4) is 0 Å². The van der Waals surface area contributed by atoms with Crippen LogP contribution < -0.4 is 5.32 Å². The lowest BCUT2D eigenvalue weighted by Gasteiger charge is -2.11. The molecule has 0 aliphatic rings. The molecule has 25 heavy (non-hydrogen) atoms. The summed E-state index contributed by atoms with van der Waals surface area (Å²) in [6.45, 7) is 2.67. The molecule has 122 valence electrons. The van der Waals surface area contributed by atoms with Crippen LogP contribution in [0.1, 0.15) is 11.3 Å². The number of hydrogen-bond donors (Lipinski definition) is 1. The second kappa shape index (κ2) is 6.65. The second-order valence-electron chi connectivity index (χ2n) is 5.83. The van der Waals surface area contributed by atoms with Gasteiger partial charge in [0.2, 0.25) is 0 Å². The Bertz CT molecular complexity index is 1000. The first kappa shape index (κ1) is 15.2. The Morgan fingerprint density at radius 1 is 0.960 bits per heavy atom. The number of aromatic nitrogens is 4. The Balaban J connectivity index is 1.78. The minimum Gasteiger partial charge on any atom is -0.364 e. The molecule has 0 fully saturated rings. The maximum Gasteiger partial charge on any atom is 0.163 e. The molecule has 0 saturated carbocycles. The van der Waals surface area contributed by atoms with Gasteiger partial charge in [0.25, 0.3) is 0 Å². The van der Waals surface area contributed by atoms with Crippen LogP contribution in [0.2, 0.25) is 0 Å². The maximum atomic E-state index is 4.74. The monoisotopic (exact) mass is 327 g/mol. The normalized spacial score (nSPS) is 10.8. The number of aryl methyl sites for hydroxylation is 1. The van der Waals surface area contributed by atoms with E-state index >= 15 is 0 Å². The topological polar surface area (TPSA) is 63.6 Å². The summed E-state index contributed by atoms with van der Waals surface area (Å²) in [6, 6.07) is 15.9.